The topological polar surface area (TPSA) is 17.1 Å². The molecule has 0 heterocycles. The van der Waals surface area contributed by atoms with Crippen LogP contribution >= 0.6 is 0 Å². The molecular weight excluding hydrogens is 160 g/mol. The second-order valence-corrected chi connectivity index (χ2v) is 3.81. The number of aryl methyl sites for hydroxylation is 1. The van der Waals surface area contributed by atoms with Crippen molar-refractivity contribution < 1.29 is 4.79 Å². The summed E-state index contributed by atoms with van der Waals surface area (Å²) < 4.78 is 0. The molecule has 0 N–H and O–H groups in total. The van der Waals surface area contributed by atoms with Crippen LogP contribution in [-0.2, 0) is 12.8 Å². The highest BCUT2D eigenvalue weighted by Gasteiger charge is 2.26. The Balaban J connectivity index is 2.48. The highest BCUT2D eigenvalue weighted by atomic mass is 16.1. The Labute approximate surface area is 78.8 Å². The standard InChI is InChI=1S/C12H14O/c1-3-9-4-5-10-6-8(2)12(13)11(10)7-9/h4-5,7-8H,3,6H2,1-2H3. The van der Waals surface area contributed by atoms with E-state index >= 15 is 0 Å². The van der Waals surface area contributed by atoms with Crippen LogP contribution in [0.2, 0.25) is 0 Å². The minimum Gasteiger partial charge on any atom is -0.294 e. The summed E-state index contributed by atoms with van der Waals surface area (Å²) >= 11 is 0. The summed E-state index contributed by atoms with van der Waals surface area (Å²) in [7, 11) is 0. The third-order valence-electron chi connectivity index (χ3n) is 2.82. The fourth-order valence-electron chi connectivity index (χ4n) is 1.94. The first-order chi connectivity index (χ1) is 6.22. The predicted molar refractivity (Wildman–Crippen MR) is 53.0 cm³/mol. The minimum atomic E-state index is 0.196. The molecule has 1 aliphatic rings. The molecule has 0 saturated carbocycles. The average molecular weight is 174 g/mol. The first kappa shape index (κ1) is 8.49. The van der Waals surface area contributed by atoms with Crippen molar-refractivity contribution in [3.05, 3.63) is 34.9 Å². The maximum absolute atomic E-state index is 11.7. The predicted octanol–water partition coefficient (Wildman–Crippen LogP) is 2.62. The van der Waals surface area contributed by atoms with Crippen molar-refractivity contribution in [2.24, 2.45) is 5.92 Å². The lowest BCUT2D eigenvalue weighted by atomic mass is 10.0. The second-order valence-electron chi connectivity index (χ2n) is 3.81. The van der Waals surface area contributed by atoms with Gasteiger partial charge in [-0.2, -0.15) is 0 Å². The van der Waals surface area contributed by atoms with Crippen molar-refractivity contribution in [1.82, 2.24) is 0 Å². The third-order valence-corrected chi connectivity index (χ3v) is 2.82. The SMILES string of the molecule is CCc1ccc2c(c1)C(=O)C(C)C2. The Morgan fingerprint density at radius 1 is 1.46 bits per heavy atom. The molecule has 1 unspecified atom stereocenters. The van der Waals surface area contributed by atoms with Crippen LogP contribution in [0.1, 0.15) is 35.3 Å². The summed E-state index contributed by atoms with van der Waals surface area (Å²) in [5.74, 6) is 0.521. The van der Waals surface area contributed by atoms with Gasteiger partial charge in [-0.05, 0) is 30.0 Å². The van der Waals surface area contributed by atoms with Gasteiger partial charge in [0.05, 0.1) is 0 Å². The summed E-state index contributed by atoms with van der Waals surface area (Å²) in [6.07, 6.45) is 1.94. The number of Topliss-reactive ketones (excluding diaryl/α,β-unsaturated/α-hetero) is 1. The quantitative estimate of drug-likeness (QED) is 0.639. The molecule has 1 aromatic carbocycles. The molecule has 0 bridgehead atoms. The lowest BCUT2D eigenvalue weighted by Gasteiger charge is -2.00. The van der Waals surface area contributed by atoms with Crippen molar-refractivity contribution in [3.63, 3.8) is 0 Å². The largest absolute Gasteiger partial charge is 0.294 e. The fourth-order valence-corrected chi connectivity index (χ4v) is 1.94. The van der Waals surface area contributed by atoms with Crippen LogP contribution in [0, 0.1) is 5.92 Å². The Morgan fingerprint density at radius 3 is 2.92 bits per heavy atom. The summed E-state index contributed by atoms with van der Waals surface area (Å²) in [6, 6.07) is 6.29. The first-order valence-electron chi connectivity index (χ1n) is 4.88. The van der Waals surface area contributed by atoms with Gasteiger partial charge in [0, 0.05) is 11.5 Å². The van der Waals surface area contributed by atoms with E-state index in [-0.39, 0.29) is 5.92 Å². The summed E-state index contributed by atoms with van der Waals surface area (Å²) in [4.78, 5) is 11.7. The molecule has 0 saturated heterocycles. The number of fused-ring (bicyclic) bond motifs is 1. The van der Waals surface area contributed by atoms with Gasteiger partial charge >= 0.3 is 0 Å². The van der Waals surface area contributed by atoms with Crippen molar-refractivity contribution in [1.29, 1.82) is 0 Å². The van der Waals surface area contributed by atoms with Crippen LogP contribution in [0.25, 0.3) is 0 Å². The van der Waals surface area contributed by atoms with Crippen LogP contribution in [-0.4, -0.2) is 5.78 Å². The number of hydrogen-bond acceptors (Lipinski definition) is 1. The van der Waals surface area contributed by atoms with Crippen LogP contribution in [0.15, 0.2) is 18.2 Å². The first-order valence-corrected chi connectivity index (χ1v) is 4.88. The molecule has 0 aromatic heterocycles. The molecule has 0 amide bonds. The average Bonchev–Trinajstić information content (AvgIpc) is 2.43. The van der Waals surface area contributed by atoms with E-state index < -0.39 is 0 Å². The van der Waals surface area contributed by atoms with E-state index in [0.29, 0.717) is 5.78 Å². The van der Waals surface area contributed by atoms with E-state index in [0.717, 1.165) is 18.4 Å². The van der Waals surface area contributed by atoms with Crippen LogP contribution < -0.4 is 0 Å². The lowest BCUT2D eigenvalue weighted by Crippen LogP contribution is -2.03. The maximum atomic E-state index is 11.7. The fraction of sp³-hybridized carbons (Fsp3) is 0.417. The van der Waals surface area contributed by atoms with Gasteiger partial charge in [0.2, 0.25) is 0 Å². The molecule has 1 heteroatoms. The van der Waals surface area contributed by atoms with E-state index in [1.165, 1.54) is 11.1 Å². The van der Waals surface area contributed by atoms with Crippen molar-refractivity contribution in [3.8, 4) is 0 Å². The second kappa shape index (κ2) is 2.99. The van der Waals surface area contributed by atoms with Crippen molar-refractivity contribution >= 4 is 5.78 Å². The molecule has 0 radical (unpaired) electrons. The number of hydrogen-bond donors (Lipinski definition) is 0. The van der Waals surface area contributed by atoms with E-state index in [9.17, 15) is 4.79 Å². The molecule has 13 heavy (non-hydrogen) atoms. The zero-order chi connectivity index (χ0) is 9.42. The monoisotopic (exact) mass is 174 g/mol. The van der Waals surface area contributed by atoms with Crippen molar-refractivity contribution in [2.45, 2.75) is 26.7 Å². The van der Waals surface area contributed by atoms with Gasteiger partial charge in [0.25, 0.3) is 0 Å². The highest BCUT2D eigenvalue weighted by molar-refractivity contribution is 6.02. The Kier molecular flexibility index (Phi) is 1.95. The molecule has 2 rings (SSSR count). The molecule has 1 aliphatic carbocycles. The maximum Gasteiger partial charge on any atom is 0.166 e. The Hall–Kier alpha value is -1.11. The summed E-state index contributed by atoms with van der Waals surface area (Å²) in [6.45, 7) is 4.12. The minimum absolute atomic E-state index is 0.196. The van der Waals surface area contributed by atoms with Crippen LogP contribution in [0.3, 0.4) is 0 Å². The molecule has 68 valence electrons. The van der Waals surface area contributed by atoms with Crippen LogP contribution in [0.4, 0.5) is 0 Å². The Morgan fingerprint density at radius 2 is 2.23 bits per heavy atom. The van der Waals surface area contributed by atoms with Gasteiger partial charge in [0.15, 0.2) is 5.78 Å². The van der Waals surface area contributed by atoms with E-state index in [2.05, 4.69) is 25.1 Å². The molecule has 0 fully saturated rings. The smallest absolute Gasteiger partial charge is 0.166 e. The number of carbonyl (C=O) groups excluding carboxylic acids is 1. The molecule has 0 spiro atoms. The zero-order valence-corrected chi connectivity index (χ0v) is 8.13. The Bertz CT molecular complexity index is 352. The van der Waals surface area contributed by atoms with Gasteiger partial charge in [0.1, 0.15) is 0 Å². The molecule has 1 atom stereocenters. The third kappa shape index (κ3) is 1.28. The van der Waals surface area contributed by atoms with Gasteiger partial charge < -0.3 is 0 Å². The van der Waals surface area contributed by atoms with E-state index in [4.69, 9.17) is 0 Å². The van der Waals surface area contributed by atoms with Gasteiger partial charge in [-0.15, -0.1) is 0 Å². The van der Waals surface area contributed by atoms with Crippen LogP contribution in [0.5, 0.6) is 0 Å². The molecular formula is C12H14O. The number of benzene rings is 1. The number of rotatable bonds is 1. The van der Waals surface area contributed by atoms with E-state index in [1.54, 1.807) is 0 Å². The summed E-state index contributed by atoms with van der Waals surface area (Å²) in [5, 5.41) is 0. The van der Waals surface area contributed by atoms with Crippen molar-refractivity contribution in [2.75, 3.05) is 0 Å². The lowest BCUT2D eigenvalue weighted by molar-refractivity contribution is 0.0946. The highest BCUT2D eigenvalue weighted by Crippen LogP contribution is 2.27. The normalized spacial score (nSPS) is 20.5. The zero-order valence-electron chi connectivity index (χ0n) is 8.13. The van der Waals surface area contributed by atoms with Gasteiger partial charge in [-0.3, -0.25) is 4.79 Å². The van der Waals surface area contributed by atoms with Gasteiger partial charge in [-0.1, -0.05) is 26.0 Å². The van der Waals surface area contributed by atoms with Gasteiger partial charge in [-0.25, -0.2) is 0 Å². The molecule has 0 aliphatic heterocycles. The van der Waals surface area contributed by atoms with E-state index in [1.807, 2.05) is 6.92 Å². The number of ketones is 1. The molecule has 1 aromatic rings. The summed E-state index contributed by atoms with van der Waals surface area (Å²) in [5.41, 5.74) is 3.46. The molecule has 1 nitrogen and oxygen atoms in total. The number of carbonyl (C=O) groups is 1.